The SMILES string of the molecule is C=Cc1c(C=C)c2c3cccc(-c4ccc5c(c4)sc4ccc6ccccc6c45)c3n(-c3nc(-c4ccccc4)cc(-c4ccccc4)n3)c2c2ccccc12. The van der Waals surface area contributed by atoms with Crippen LogP contribution in [0, 0.1) is 0 Å². The van der Waals surface area contributed by atoms with Gasteiger partial charge < -0.3 is 0 Å². The fraction of sp³-hybridized carbons (Fsp3) is 0. The van der Waals surface area contributed by atoms with Crippen LogP contribution in [0.3, 0.4) is 0 Å². The van der Waals surface area contributed by atoms with Gasteiger partial charge in [-0.05, 0) is 51.0 Å². The Morgan fingerprint density at radius 1 is 0.446 bits per heavy atom. The maximum atomic E-state index is 5.43. The van der Waals surface area contributed by atoms with E-state index in [-0.39, 0.29) is 0 Å². The van der Waals surface area contributed by atoms with E-state index in [1.165, 1.54) is 30.9 Å². The molecule has 3 aromatic heterocycles. The van der Waals surface area contributed by atoms with Gasteiger partial charge in [-0.1, -0.05) is 171 Å². The summed E-state index contributed by atoms with van der Waals surface area (Å²) >= 11 is 1.85. The molecular weight excluding hydrogens is 699 g/mol. The van der Waals surface area contributed by atoms with Crippen LogP contribution in [-0.2, 0) is 0 Å². The normalized spacial score (nSPS) is 11.7. The summed E-state index contributed by atoms with van der Waals surface area (Å²) in [4.78, 5) is 10.9. The van der Waals surface area contributed by atoms with E-state index in [9.17, 15) is 0 Å². The first-order valence-electron chi connectivity index (χ1n) is 18.8. The van der Waals surface area contributed by atoms with Gasteiger partial charge >= 0.3 is 0 Å². The molecule has 0 saturated carbocycles. The predicted octanol–water partition coefficient (Wildman–Crippen LogP) is 14.5. The van der Waals surface area contributed by atoms with Gasteiger partial charge in [-0.3, -0.25) is 4.57 Å². The summed E-state index contributed by atoms with van der Waals surface area (Å²) < 4.78 is 4.86. The Morgan fingerprint density at radius 2 is 1.09 bits per heavy atom. The summed E-state index contributed by atoms with van der Waals surface area (Å²) in [7, 11) is 0. The number of hydrogen-bond donors (Lipinski definition) is 0. The molecule has 0 N–H and O–H groups in total. The lowest BCUT2D eigenvalue weighted by Crippen LogP contribution is -2.05. The second-order valence-electron chi connectivity index (χ2n) is 14.2. The molecule has 8 aromatic carbocycles. The molecule has 0 spiro atoms. The number of fused-ring (bicyclic) bond motifs is 10. The van der Waals surface area contributed by atoms with Crippen LogP contribution in [0.15, 0.2) is 177 Å². The third-order valence-corrected chi connectivity index (χ3v) is 12.3. The van der Waals surface area contributed by atoms with Crippen molar-refractivity contribution in [3.63, 3.8) is 0 Å². The summed E-state index contributed by atoms with van der Waals surface area (Å²) in [6, 6.07) is 58.3. The average Bonchev–Trinajstić information content (AvgIpc) is 3.83. The molecule has 0 bridgehead atoms. The van der Waals surface area contributed by atoms with E-state index in [0.717, 1.165) is 77.3 Å². The Hall–Kier alpha value is -7.14. The van der Waals surface area contributed by atoms with E-state index in [1.807, 2.05) is 35.6 Å². The molecule has 0 radical (unpaired) electrons. The second-order valence-corrected chi connectivity index (χ2v) is 15.3. The van der Waals surface area contributed by atoms with Crippen molar-refractivity contribution in [2.45, 2.75) is 0 Å². The van der Waals surface area contributed by atoms with Gasteiger partial charge in [-0.15, -0.1) is 11.3 Å². The predicted molar refractivity (Wildman–Crippen MR) is 241 cm³/mol. The number of aromatic nitrogens is 3. The Labute approximate surface area is 327 Å². The molecule has 4 heteroatoms. The average molecular weight is 732 g/mol. The maximum Gasteiger partial charge on any atom is 0.235 e. The van der Waals surface area contributed by atoms with Crippen molar-refractivity contribution in [3.8, 4) is 39.6 Å². The molecule has 0 atom stereocenters. The summed E-state index contributed by atoms with van der Waals surface area (Å²) in [5.41, 5.74) is 10.2. The topological polar surface area (TPSA) is 30.7 Å². The number of rotatable bonds is 6. The summed E-state index contributed by atoms with van der Waals surface area (Å²) in [6.07, 6.45) is 3.94. The summed E-state index contributed by atoms with van der Waals surface area (Å²) in [5.74, 6) is 0.610. The van der Waals surface area contributed by atoms with Crippen molar-refractivity contribution >= 4 is 87.0 Å². The van der Waals surface area contributed by atoms with E-state index >= 15 is 0 Å². The lowest BCUT2D eigenvalue weighted by atomic mass is 9.93. The summed E-state index contributed by atoms with van der Waals surface area (Å²) in [6.45, 7) is 8.65. The quantitative estimate of drug-likeness (QED) is 0.170. The minimum absolute atomic E-state index is 0.610. The first kappa shape index (κ1) is 32.3. The number of thiophene rings is 1. The van der Waals surface area contributed by atoms with Gasteiger partial charge in [0.2, 0.25) is 5.95 Å². The van der Waals surface area contributed by atoms with Gasteiger partial charge in [0.05, 0.1) is 22.4 Å². The largest absolute Gasteiger partial charge is 0.277 e. The van der Waals surface area contributed by atoms with E-state index in [4.69, 9.17) is 9.97 Å². The molecule has 3 heterocycles. The molecule has 11 aromatic rings. The van der Waals surface area contributed by atoms with Crippen molar-refractivity contribution < 1.29 is 0 Å². The van der Waals surface area contributed by atoms with Crippen molar-refractivity contribution in [2.24, 2.45) is 0 Å². The van der Waals surface area contributed by atoms with Crippen LogP contribution in [0.4, 0.5) is 0 Å². The molecule has 11 rings (SSSR count). The van der Waals surface area contributed by atoms with Gasteiger partial charge in [0, 0.05) is 53.0 Å². The zero-order valence-electron chi connectivity index (χ0n) is 30.4. The molecule has 56 heavy (non-hydrogen) atoms. The van der Waals surface area contributed by atoms with Gasteiger partial charge in [0.1, 0.15) is 0 Å². The Morgan fingerprint density at radius 3 is 1.80 bits per heavy atom. The Balaban J connectivity index is 1.29. The van der Waals surface area contributed by atoms with E-state index < -0.39 is 0 Å². The molecule has 262 valence electrons. The molecule has 0 fully saturated rings. The third kappa shape index (κ3) is 4.83. The zero-order chi connectivity index (χ0) is 37.3. The van der Waals surface area contributed by atoms with Crippen molar-refractivity contribution in [3.05, 3.63) is 188 Å². The van der Waals surface area contributed by atoms with Crippen LogP contribution in [0.1, 0.15) is 11.1 Å². The molecule has 0 aliphatic heterocycles. The van der Waals surface area contributed by atoms with Crippen molar-refractivity contribution in [1.82, 2.24) is 14.5 Å². The van der Waals surface area contributed by atoms with Crippen molar-refractivity contribution in [1.29, 1.82) is 0 Å². The van der Waals surface area contributed by atoms with Crippen LogP contribution in [0.2, 0.25) is 0 Å². The highest BCUT2D eigenvalue weighted by Gasteiger charge is 2.25. The molecule has 0 amide bonds. The zero-order valence-corrected chi connectivity index (χ0v) is 31.2. The minimum atomic E-state index is 0.610. The van der Waals surface area contributed by atoms with Gasteiger partial charge in [-0.2, -0.15) is 0 Å². The molecular formula is C52H33N3S. The highest BCUT2D eigenvalue weighted by Crippen LogP contribution is 2.46. The molecule has 0 saturated heterocycles. The van der Waals surface area contributed by atoms with E-state index in [2.05, 4.69) is 169 Å². The molecule has 0 aliphatic carbocycles. The first-order valence-corrected chi connectivity index (χ1v) is 19.6. The fourth-order valence-corrected chi connectivity index (χ4v) is 9.86. The number of benzene rings is 8. The lowest BCUT2D eigenvalue weighted by molar-refractivity contribution is 0.998. The third-order valence-electron chi connectivity index (χ3n) is 11.2. The number of nitrogens with zero attached hydrogens (tertiary/aromatic N) is 3. The van der Waals surface area contributed by atoms with Crippen molar-refractivity contribution in [2.75, 3.05) is 0 Å². The second kappa shape index (κ2) is 12.7. The molecule has 0 aliphatic rings. The van der Waals surface area contributed by atoms with Gasteiger partial charge in [0.25, 0.3) is 0 Å². The highest BCUT2D eigenvalue weighted by atomic mass is 32.1. The van der Waals surface area contributed by atoms with Crippen LogP contribution in [0.25, 0.3) is 115 Å². The standard InChI is InChI=1S/C52H33N3S/c1-3-36-37(4-2)49-43-25-15-24-39(35-26-28-42-47(30-35)56-46-29-27-32-16-11-12-21-38(32)48(42)46)50(43)55(51(49)41-23-14-13-22-40(36)41)52-53-44(33-17-7-5-8-18-33)31-45(54-52)34-19-9-6-10-20-34/h3-31H,1-2H2. The Bertz CT molecular complexity index is 3330. The first-order chi connectivity index (χ1) is 27.7. The fourth-order valence-electron chi connectivity index (χ4n) is 8.70. The van der Waals surface area contributed by atoms with E-state index in [1.54, 1.807) is 0 Å². The van der Waals surface area contributed by atoms with Gasteiger partial charge in [0.15, 0.2) is 0 Å². The smallest absolute Gasteiger partial charge is 0.235 e. The van der Waals surface area contributed by atoms with Crippen LogP contribution >= 0.6 is 11.3 Å². The van der Waals surface area contributed by atoms with E-state index in [0.29, 0.717) is 5.95 Å². The minimum Gasteiger partial charge on any atom is -0.277 e. The lowest BCUT2D eigenvalue weighted by Gasteiger charge is -2.15. The van der Waals surface area contributed by atoms with Crippen LogP contribution in [0.5, 0.6) is 0 Å². The molecule has 3 nitrogen and oxygen atoms in total. The Kier molecular flexibility index (Phi) is 7.34. The number of para-hydroxylation sites is 1. The van der Waals surface area contributed by atoms with Gasteiger partial charge in [-0.25, -0.2) is 9.97 Å². The van der Waals surface area contributed by atoms with Crippen LogP contribution in [-0.4, -0.2) is 14.5 Å². The monoisotopic (exact) mass is 731 g/mol. The van der Waals surface area contributed by atoms with Crippen LogP contribution < -0.4 is 0 Å². The number of hydrogen-bond acceptors (Lipinski definition) is 3. The summed E-state index contributed by atoms with van der Waals surface area (Å²) in [5, 5.41) is 9.57. The molecule has 0 unspecified atom stereocenters. The highest BCUT2D eigenvalue weighted by molar-refractivity contribution is 7.26. The maximum absolute atomic E-state index is 5.43.